The zero-order valence-corrected chi connectivity index (χ0v) is 17.6. The summed E-state index contributed by atoms with van der Waals surface area (Å²) in [6.45, 7) is -0.337. The molecule has 0 N–H and O–H groups in total. The Hall–Kier alpha value is -3.84. The monoisotopic (exact) mass is 500 g/mol. The van der Waals surface area contributed by atoms with Gasteiger partial charge in [0.05, 0.1) is 24.2 Å². The third-order valence-corrected chi connectivity index (χ3v) is 5.12. The third kappa shape index (κ3) is 5.63. The lowest BCUT2D eigenvalue weighted by molar-refractivity contribution is -0.143. The zero-order chi connectivity index (χ0) is 25.4. The lowest BCUT2D eigenvalue weighted by Crippen LogP contribution is -2.61. The van der Waals surface area contributed by atoms with Crippen molar-refractivity contribution in [3.05, 3.63) is 66.0 Å². The molecular formula is C21H15F7N6O. The number of rotatable bonds is 5. The fourth-order valence-corrected chi connectivity index (χ4v) is 3.50. The third-order valence-electron chi connectivity index (χ3n) is 5.12. The molecule has 1 aliphatic rings. The molecular weight excluding hydrogens is 485 g/mol. The molecule has 1 fully saturated rings. The number of carbonyl (C=O) groups is 1. The average molecular weight is 500 g/mol. The topological polar surface area (TPSA) is 76.8 Å². The number of hydrogen-bond acceptors (Lipinski definition) is 5. The van der Waals surface area contributed by atoms with Crippen molar-refractivity contribution < 1.29 is 35.5 Å². The van der Waals surface area contributed by atoms with Gasteiger partial charge in [-0.05, 0) is 23.8 Å². The van der Waals surface area contributed by atoms with Gasteiger partial charge < -0.3 is 4.90 Å². The van der Waals surface area contributed by atoms with Crippen LogP contribution in [0.4, 0.5) is 30.7 Å². The summed E-state index contributed by atoms with van der Waals surface area (Å²) in [6, 6.07) is 1.01. The van der Waals surface area contributed by atoms with E-state index in [4.69, 9.17) is 0 Å². The average Bonchev–Trinajstić information content (AvgIpc) is 3.24. The van der Waals surface area contributed by atoms with Crippen molar-refractivity contribution in [1.29, 1.82) is 0 Å². The lowest BCUT2D eigenvalue weighted by atomic mass is 9.89. The first kappa shape index (κ1) is 24.3. The molecule has 1 aromatic carbocycles. The number of nitrogens with zero attached hydrogens (tertiary/aromatic N) is 6. The van der Waals surface area contributed by atoms with Crippen LogP contribution in [0, 0.1) is 0 Å². The van der Waals surface area contributed by atoms with Gasteiger partial charge in [0.1, 0.15) is 18.3 Å². The van der Waals surface area contributed by atoms with E-state index in [1.807, 2.05) is 0 Å². The van der Waals surface area contributed by atoms with Gasteiger partial charge in [0.15, 0.2) is 5.82 Å². The van der Waals surface area contributed by atoms with Gasteiger partial charge in [-0.2, -0.15) is 26.3 Å². The van der Waals surface area contributed by atoms with E-state index in [-0.39, 0.29) is 25.6 Å². The highest BCUT2D eigenvalue weighted by Gasteiger charge is 2.45. The molecule has 1 aliphatic heterocycles. The van der Waals surface area contributed by atoms with Crippen LogP contribution < -0.4 is 0 Å². The number of aromatic nitrogens is 5. The van der Waals surface area contributed by atoms with Crippen molar-refractivity contribution in [2.45, 2.75) is 24.4 Å². The zero-order valence-electron chi connectivity index (χ0n) is 17.6. The number of alkyl halides is 7. The molecule has 0 saturated carbocycles. The maximum absolute atomic E-state index is 14.7. The molecule has 14 heteroatoms. The quantitative estimate of drug-likeness (QED) is 0.391. The van der Waals surface area contributed by atoms with Crippen molar-refractivity contribution in [1.82, 2.24) is 29.6 Å². The van der Waals surface area contributed by atoms with Crippen molar-refractivity contribution >= 4 is 12.1 Å². The van der Waals surface area contributed by atoms with Crippen molar-refractivity contribution in [3.63, 3.8) is 0 Å². The Bertz CT molecular complexity index is 1210. The summed E-state index contributed by atoms with van der Waals surface area (Å²) in [6.07, 6.45) is -2.57. The van der Waals surface area contributed by atoms with Crippen LogP contribution in [0.1, 0.15) is 16.7 Å². The smallest absolute Gasteiger partial charge is 0.333 e. The predicted molar refractivity (Wildman–Crippen MR) is 107 cm³/mol. The fourth-order valence-electron chi connectivity index (χ4n) is 3.50. The molecule has 2 aromatic heterocycles. The van der Waals surface area contributed by atoms with E-state index in [0.29, 0.717) is 17.7 Å². The number of benzene rings is 1. The largest absolute Gasteiger partial charge is 0.416 e. The van der Waals surface area contributed by atoms with Crippen molar-refractivity contribution in [2.24, 2.45) is 0 Å². The molecule has 7 nitrogen and oxygen atoms in total. The molecule has 35 heavy (non-hydrogen) atoms. The molecule has 0 bridgehead atoms. The van der Waals surface area contributed by atoms with Crippen LogP contribution in [-0.4, -0.2) is 54.3 Å². The van der Waals surface area contributed by atoms with E-state index in [2.05, 4.69) is 20.1 Å². The standard InChI is InChI=1S/C21H15F7N6O/c22-19(6-13-7-29-11-30-8-13)9-33(10-19)17(35)1-2-34-12-31-18(32-34)14-3-15(20(23,24)25)5-16(4-14)21(26,27)28/h1-5,7-8,11-12H,6,9-10H2. The maximum Gasteiger partial charge on any atom is 0.416 e. The van der Waals surface area contributed by atoms with Gasteiger partial charge in [-0.3, -0.25) is 4.79 Å². The van der Waals surface area contributed by atoms with Crippen LogP contribution in [0.5, 0.6) is 0 Å². The van der Waals surface area contributed by atoms with Gasteiger partial charge in [-0.1, -0.05) is 0 Å². The molecule has 1 saturated heterocycles. The minimum Gasteiger partial charge on any atom is -0.333 e. The molecule has 184 valence electrons. The molecule has 4 rings (SSSR count). The number of likely N-dealkylation sites (tertiary alicyclic amines) is 1. The Morgan fingerprint density at radius 2 is 1.60 bits per heavy atom. The summed E-state index contributed by atoms with van der Waals surface area (Å²) >= 11 is 0. The number of amides is 1. The molecule has 0 unspecified atom stereocenters. The highest BCUT2D eigenvalue weighted by molar-refractivity contribution is 5.91. The van der Waals surface area contributed by atoms with E-state index in [9.17, 15) is 35.5 Å². The molecule has 1 amide bonds. The van der Waals surface area contributed by atoms with Gasteiger partial charge in [0.2, 0.25) is 5.91 Å². The Morgan fingerprint density at radius 3 is 2.17 bits per heavy atom. The first-order valence-electron chi connectivity index (χ1n) is 9.93. The second-order valence-corrected chi connectivity index (χ2v) is 7.93. The van der Waals surface area contributed by atoms with Crippen LogP contribution in [0.15, 0.2) is 49.3 Å². The Morgan fingerprint density at radius 1 is 1.00 bits per heavy atom. The minimum atomic E-state index is -5.01. The van der Waals surface area contributed by atoms with Crippen LogP contribution in [0.2, 0.25) is 0 Å². The van der Waals surface area contributed by atoms with Crippen LogP contribution in [-0.2, 0) is 23.6 Å². The van der Waals surface area contributed by atoms with Crippen molar-refractivity contribution in [2.75, 3.05) is 13.1 Å². The van der Waals surface area contributed by atoms with Gasteiger partial charge in [0, 0.05) is 36.7 Å². The van der Waals surface area contributed by atoms with Crippen LogP contribution in [0.25, 0.3) is 17.6 Å². The summed E-state index contributed by atoms with van der Waals surface area (Å²) in [5, 5.41) is 3.81. The van der Waals surface area contributed by atoms with E-state index < -0.39 is 46.4 Å². The van der Waals surface area contributed by atoms with Crippen LogP contribution in [0.3, 0.4) is 0 Å². The Balaban J connectivity index is 1.44. The van der Waals surface area contributed by atoms with E-state index in [1.165, 1.54) is 23.6 Å². The second-order valence-electron chi connectivity index (χ2n) is 7.93. The molecule has 0 aliphatic carbocycles. The first-order chi connectivity index (χ1) is 16.3. The Kier molecular flexibility index (Phi) is 6.07. The summed E-state index contributed by atoms with van der Waals surface area (Å²) in [4.78, 5) is 24.8. The number of hydrogen-bond donors (Lipinski definition) is 0. The van der Waals surface area contributed by atoms with E-state index >= 15 is 0 Å². The normalized spacial score (nSPS) is 15.9. The molecule has 3 heterocycles. The fraction of sp³-hybridized carbons (Fsp3) is 0.286. The lowest BCUT2D eigenvalue weighted by Gasteiger charge is -2.44. The predicted octanol–water partition coefficient (Wildman–Crippen LogP) is 4.04. The highest BCUT2D eigenvalue weighted by atomic mass is 19.4. The first-order valence-corrected chi connectivity index (χ1v) is 9.93. The number of halogens is 7. The molecule has 0 spiro atoms. The van der Waals surface area contributed by atoms with E-state index in [0.717, 1.165) is 23.3 Å². The van der Waals surface area contributed by atoms with Gasteiger partial charge in [-0.15, -0.1) is 5.10 Å². The summed E-state index contributed by atoms with van der Waals surface area (Å²) < 4.78 is 94.0. The van der Waals surface area contributed by atoms with Crippen molar-refractivity contribution in [3.8, 4) is 11.4 Å². The SMILES string of the molecule is O=C(C=Cn1cnc(-c2cc(C(F)(F)F)cc(C(F)(F)F)c2)n1)N1CC(F)(Cc2cncnc2)C1. The maximum atomic E-state index is 14.7. The molecule has 0 radical (unpaired) electrons. The van der Waals surface area contributed by atoms with Gasteiger partial charge in [0.25, 0.3) is 0 Å². The molecule has 0 atom stereocenters. The minimum absolute atomic E-state index is 0.00184. The van der Waals surface area contributed by atoms with E-state index in [1.54, 1.807) is 0 Å². The van der Waals surface area contributed by atoms with Gasteiger partial charge in [-0.25, -0.2) is 24.0 Å². The molecule has 3 aromatic rings. The summed E-state index contributed by atoms with van der Waals surface area (Å²) in [7, 11) is 0. The van der Waals surface area contributed by atoms with Gasteiger partial charge >= 0.3 is 12.4 Å². The Labute approximate surface area is 192 Å². The summed E-state index contributed by atoms with van der Waals surface area (Å²) in [5.74, 6) is -0.964. The summed E-state index contributed by atoms with van der Waals surface area (Å²) in [5.41, 5.74) is -4.55. The highest BCUT2D eigenvalue weighted by Crippen LogP contribution is 2.38. The second kappa shape index (κ2) is 8.74. The number of carbonyl (C=O) groups excluding carboxylic acids is 1. The van der Waals surface area contributed by atoms with Crippen LogP contribution >= 0.6 is 0 Å².